The maximum Gasteiger partial charge on any atom is 0.134 e. The average Bonchev–Trinajstić information content (AvgIpc) is 2.70. The second-order valence-electron chi connectivity index (χ2n) is 6.52. The molecule has 0 heterocycles. The van der Waals surface area contributed by atoms with E-state index in [1.165, 1.54) is 12.8 Å². The van der Waals surface area contributed by atoms with Gasteiger partial charge in [-0.2, -0.15) is 0 Å². The van der Waals surface area contributed by atoms with Gasteiger partial charge >= 0.3 is 0 Å². The van der Waals surface area contributed by atoms with Crippen LogP contribution >= 0.6 is 8.20 Å². The van der Waals surface area contributed by atoms with Crippen molar-refractivity contribution in [3.05, 3.63) is 54.1 Å². The zero-order chi connectivity index (χ0) is 19.3. The molecule has 146 valence electrons. The zero-order valence-corrected chi connectivity index (χ0v) is 17.3. The lowest BCUT2D eigenvalue weighted by atomic mass is 10.2. The van der Waals surface area contributed by atoms with Crippen molar-refractivity contribution in [1.82, 2.24) is 0 Å². The molecule has 3 nitrogen and oxygen atoms in total. The third kappa shape index (κ3) is 7.74. The predicted octanol–water partition coefficient (Wildman–Crippen LogP) is 4.93. The Labute approximate surface area is 165 Å². The van der Waals surface area contributed by atoms with Gasteiger partial charge in [0.25, 0.3) is 0 Å². The fourth-order valence-corrected chi connectivity index (χ4v) is 3.51. The molecule has 0 aromatic heterocycles. The predicted molar refractivity (Wildman–Crippen MR) is 114 cm³/mol. The molecule has 0 atom stereocenters. The van der Waals surface area contributed by atoms with Gasteiger partial charge in [-0.1, -0.05) is 78.1 Å². The van der Waals surface area contributed by atoms with Crippen LogP contribution in [0.4, 0.5) is 0 Å². The number of unbranched alkanes of at least 4 members (excludes halogenated alkanes) is 4. The Balaban J connectivity index is 2.15. The number of hydrogen-bond donors (Lipinski definition) is 0. The van der Waals surface area contributed by atoms with Crippen molar-refractivity contribution in [2.24, 2.45) is 0 Å². The fourth-order valence-electron chi connectivity index (χ4n) is 2.62. The third-order valence-corrected chi connectivity index (χ3v) is 5.27. The maximum absolute atomic E-state index is 12.6. The molecular weight excluding hydrogens is 355 g/mol. The van der Waals surface area contributed by atoms with Crippen LogP contribution in [0.25, 0.3) is 0 Å². The van der Waals surface area contributed by atoms with E-state index in [1.54, 1.807) is 0 Å². The molecule has 0 aliphatic carbocycles. The molecule has 4 heteroatoms. The molecule has 0 N–H and O–H groups in total. The van der Waals surface area contributed by atoms with E-state index < -0.39 is 0 Å². The first-order chi connectivity index (χ1) is 13.2. The van der Waals surface area contributed by atoms with Gasteiger partial charge in [0.15, 0.2) is 0 Å². The summed E-state index contributed by atoms with van der Waals surface area (Å²) in [5.74, 6) is 1.56. The van der Waals surface area contributed by atoms with Gasteiger partial charge in [0, 0.05) is 11.4 Å². The van der Waals surface area contributed by atoms with Crippen LogP contribution in [-0.2, 0) is 0 Å². The second kappa shape index (κ2) is 12.5. The van der Waals surface area contributed by atoms with Crippen molar-refractivity contribution in [2.75, 3.05) is 13.2 Å². The number of ether oxygens (including phenoxy) is 2. The lowest BCUT2D eigenvalue weighted by Gasteiger charge is -2.15. The molecule has 2 aromatic rings. The van der Waals surface area contributed by atoms with Gasteiger partial charge in [-0.15, -0.1) is 5.48 Å². The Morgan fingerprint density at radius 3 is 2.19 bits per heavy atom. The Morgan fingerprint density at radius 2 is 1.52 bits per heavy atom. The molecule has 2 rings (SSSR count). The Kier molecular flexibility index (Phi) is 9.97. The summed E-state index contributed by atoms with van der Waals surface area (Å²) in [7, 11) is 0.627. The monoisotopic (exact) mass is 385 g/mol. The van der Waals surface area contributed by atoms with Gasteiger partial charge in [0.1, 0.15) is 11.5 Å². The molecule has 2 aromatic carbocycles. The highest BCUT2D eigenvalue weighted by Gasteiger charge is 2.06. The minimum absolute atomic E-state index is 0.0747. The topological polar surface area (TPSA) is 41.5 Å². The minimum atomic E-state index is 0.0747. The fraction of sp³-hybridized carbons (Fsp3) is 0.435. The van der Waals surface area contributed by atoms with Crippen LogP contribution in [0.2, 0.25) is 0 Å². The SMILES string of the molecule is CCCCCOc1ccc(P=C([O-])c2ccccc2)c(OCCCCC)c1. The van der Waals surface area contributed by atoms with Crippen molar-refractivity contribution in [2.45, 2.75) is 52.4 Å². The highest BCUT2D eigenvalue weighted by molar-refractivity contribution is 7.49. The quantitative estimate of drug-likeness (QED) is 0.384. The Hall–Kier alpha value is -1.83. The van der Waals surface area contributed by atoms with Gasteiger partial charge in [-0.3, -0.25) is 0 Å². The van der Waals surface area contributed by atoms with Crippen LogP contribution in [0.15, 0.2) is 48.5 Å². The van der Waals surface area contributed by atoms with Crippen molar-refractivity contribution < 1.29 is 14.6 Å². The van der Waals surface area contributed by atoms with Crippen LogP contribution in [0.5, 0.6) is 11.5 Å². The number of rotatable bonds is 12. The van der Waals surface area contributed by atoms with Crippen LogP contribution in [0, 0.1) is 0 Å². The lowest BCUT2D eigenvalue weighted by molar-refractivity contribution is -0.207. The summed E-state index contributed by atoms with van der Waals surface area (Å²) in [6.07, 6.45) is 6.71. The standard InChI is InChI=1S/C23H31O3P/c1-3-5-10-16-25-20-14-15-22(21(18-20)26-17-11-6-4-2)27-23(24)19-12-8-7-9-13-19/h7-9,12-15,18,24H,3-6,10-11,16-17H2,1-2H3/p-1. The summed E-state index contributed by atoms with van der Waals surface area (Å²) in [5.41, 5.74) is 0.793. The zero-order valence-electron chi connectivity index (χ0n) is 16.4. The first-order valence-corrected chi connectivity index (χ1v) is 10.8. The van der Waals surface area contributed by atoms with E-state index >= 15 is 0 Å². The van der Waals surface area contributed by atoms with E-state index in [-0.39, 0.29) is 5.48 Å². The van der Waals surface area contributed by atoms with Crippen molar-refractivity contribution in [1.29, 1.82) is 0 Å². The van der Waals surface area contributed by atoms with E-state index in [1.807, 2.05) is 48.5 Å². The van der Waals surface area contributed by atoms with Crippen LogP contribution in [0.3, 0.4) is 0 Å². The van der Waals surface area contributed by atoms with Gasteiger partial charge in [0.2, 0.25) is 0 Å². The number of hydrogen-bond acceptors (Lipinski definition) is 3. The van der Waals surface area contributed by atoms with Gasteiger partial charge in [-0.25, -0.2) is 0 Å². The second-order valence-corrected chi connectivity index (χ2v) is 7.64. The smallest absolute Gasteiger partial charge is 0.134 e. The summed E-state index contributed by atoms with van der Waals surface area (Å²) in [5, 5.41) is 13.5. The van der Waals surface area contributed by atoms with Crippen molar-refractivity contribution in [3.63, 3.8) is 0 Å². The normalized spacial score (nSPS) is 11.4. The van der Waals surface area contributed by atoms with Gasteiger partial charge in [-0.05, 0) is 30.5 Å². The molecule has 0 bridgehead atoms. The molecule has 0 spiro atoms. The van der Waals surface area contributed by atoms with Crippen molar-refractivity contribution >= 4 is 19.0 Å². The molecule has 0 saturated carbocycles. The average molecular weight is 385 g/mol. The van der Waals surface area contributed by atoms with Crippen LogP contribution in [0.1, 0.15) is 57.9 Å². The van der Waals surface area contributed by atoms with E-state index in [4.69, 9.17) is 9.47 Å². The summed E-state index contributed by atoms with van der Waals surface area (Å²) in [4.78, 5) is 0. The molecule has 27 heavy (non-hydrogen) atoms. The summed E-state index contributed by atoms with van der Waals surface area (Å²) in [6, 6.07) is 15.2. The first-order valence-electron chi connectivity index (χ1n) is 9.95. The van der Waals surface area contributed by atoms with Gasteiger partial charge < -0.3 is 14.6 Å². The molecule has 0 unspecified atom stereocenters. The van der Waals surface area contributed by atoms with E-state index in [0.29, 0.717) is 21.4 Å². The van der Waals surface area contributed by atoms with Crippen LogP contribution < -0.4 is 19.9 Å². The molecule has 0 amide bonds. The Bertz CT molecular complexity index is 698. The summed E-state index contributed by atoms with van der Waals surface area (Å²) >= 11 is 0. The van der Waals surface area contributed by atoms with E-state index in [9.17, 15) is 5.11 Å². The number of benzene rings is 2. The minimum Gasteiger partial charge on any atom is -0.823 e. The molecule has 0 aliphatic heterocycles. The van der Waals surface area contributed by atoms with Crippen molar-refractivity contribution in [3.8, 4) is 11.5 Å². The molecule has 0 aliphatic rings. The van der Waals surface area contributed by atoms with Crippen LogP contribution in [-0.4, -0.2) is 18.7 Å². The summed E-state index contributed by atoms with van der Waals surface area (Å²) in [6.45, 7) is 5.73. The molecule has 0 radical (unpaired) electrons. The molecule has 0 saturated heterocycles. The van der Waals surface area contributed by atoms with Gasteiger partial charge in [0.05, 0.1) is 13.2 Å². The largest absolute Gasteiger partial charge is 0.823 e. The highest BCUT2D eigenvalue weighted by Crippen LogP contribution is 2.23. The molecular formula is C23H30O3P-. The maximum atomic E-state index is 12.6. The third-order valence-electron chi connectivity index (χ3n) is 4.20. The first kappa shape index (κ1) is 21.5. The van der Waals surface area contributed by atoms with E-state index in [0.717, 1.165) is 48.1 Å². The molecule has 0 fully saturated rings. The Morgan fingerprint density at radius 1 is 0.852 bits per heavy atom. The lowest BCUT2D eigenvalue weighted by Crippen LogP contribution is -2.18. The van der Waals surface area contributed by atoms with E-state index in [2.05, 4.69) is 13.8 Å². The highest BCUT2D eigenvalue weighted by atomic mass is 31.1. The summed E-state index contributed by atoms with van der Waals surface area (Å²) < 4.78 is 11.9.